The van der Waals surface area contributed by atoms with Gasteiger partial charge in [0, 0.05) is 5.56 Å². The molecule has 0 spiro atoms. The van der Waals surface area contributed by atoms with Gasteiger partial charge in [0.2, 0.25) is 0 Å². The van der Waals surface area contributed by atoms with Gasteiger partial charge in [-0.1, -0.05) is 56.4 Å². The quantitative estimate of drug-likeness (QED) is 0.563. The topological polar surface area (TPSA) is 55.4 Å². The first-order valence-corrected chi connectivity index (χ1v) is 11.0. The normalized spacial score (nSPS) is 14.9. The van der Waals surface area contributed by atoms with Crippen LogP contribution in [0.15, 0.2) is 48.5 Å². The summed E-state index contributed by atoms with van der Waals surface area (Å²) in [6.45, 7) is 5.52. The zero-order valence-corrected chi connectivity index (χ0v) is 18.4. The minimum atomic E-state index is -0.600. The highest BCUT2D eigenvalue weighted by Gasteiger charge is 2.22. The maximum atomic E-state index is 12.7. The highest BCUT2D eigenvalue weighted by Crippen LogP contribution is 2.29. The Morgan fingerprint density at radius 1 is 1.00 bits per heavy atom. The number of carbonyl (C=O) groups excluding carboxylic acids is 2. The molecule has 160 valence electrons. The summed E-state index contributed by atoms with van der Waals surface area (Å²) in [5, 5.41) is 2.93. The van der Waals surface area contributed by atoms with Crippen molar-refractivity contribution >= 4 is 17.6 Å². The molecule has 2 aromatic carbocycles. The molecule has 1 saturated carbocycles. The van der Waals surface area contributed by atoms with Crippen molar-refractivity contribution in [2.24, 2.45) is 5.92 Å². The molecular weight excluding hydrogens is 374 g/mol. The van der Waals surface area contributed by atoms with E-state index in [1.807, 2.05) is 51.1 Å². The molecule has 1 N–H and O–H groups in total. The molecule has 0 heterocycles. The minimum absolute atomic E-state index is 0.232. The molecular formula is C26H33NO3. The minimum Gasteiger partial charge on any atom is -0.456 e. The Balaban J connectivity index is 1.80. The summed E-state index contributed by atoms with van der Waals surface area (Å²) in [7, 11) is 0. The Bertz CT molecular complexity index is 862. The SMILES string of the molecule is CC(C)(C)OC(=O)c1ccc(CCC2CCCCC2)cc1NC(=O)c1ccccc1. The number of hydrogen-bond donors (Lipinski definition) is 1. The number of ether oxygens (including phenoxy) is 1. The summed E-state index contributed by atoms with van der Waals surface area (Å²) < 4.78 is 5.56. The molecule has 1 aliphatic carbocycles. The summed E-state index contributed by atoms with van der Waals surface area (Å²) in [5.74, 6) is 0.126. The third-order valence-corrected chi connectivity index (χ3v) is 5.55. The van der Waals surface area contributed by atoms with Gasteiger partial charge in [-0.2, -0.15) is 0 Å². The number of anilines is 1. The van der Waals surface area contributed by atoms with Crippen LogP contribution in [0.4, 0.5) is 5.69 Å². The van der Waals surface area contributed by atoms with Gasteiger partial charge in [-0.3, -0.25) is 4.79 Å². The molecule has 0 bridgehead atoms. The second-order valence-electron chi connectivity index (χ2n) is 9.24. The van der Waals surface area contributed by atoms with E-state index in [0.29, 0.717) is 16.8 Å². The van der Waals surface area contributed by atoms with E-state index in [0.717, 1.165) is 24.3 Å². The van der Waals surface area contributed by atoms with Crippen molar-refractivity contribution in [3.05, 3.63) is 65.2 Å². The van der Waals surface area contributed by atoms with Crippen LogP contribution in [-0.2, 0) is 11.2 Å². The molecule has 2 aromatic rings. The van der Waals surface area contributed by atoms with Crippen LogP contribution >= 0.6 is 0 Å². The van der Waals surface area contributed by atoms with Crippen LogP contribution in [-0.4, -0.2) is 17.5 Å². The number of carbonyl (C=O) groups is 2. The highest BCUT2D eigenvalue weighted by molar-refractivity contribution is 6.08. The first-order chi connectivity index (χ1) is 14.3. The monoisotopic (exact) mass is 407 g/mol. The van der Waals surface area contributed by atoms with E-state index in [2.05, 4.69) is 5.32 Å². The summed E-state index contributed by atoms with van der Waals surface area (Å²) in [4.78, 5) is 25.5. The molecule has 0 saturated heterocycles. The van der Waals surface area contributed by atoms with Crippen molar-refractivity contribution in [3.63, 3.8) is 0 Å². The van der Waals surface area contributed by atoms with E-state index >= 15 is 0 Å². The lowest BCUT2D eigenvalue weighted by atomic mass is 9.85. The first kappa shape index (κ1) is 22.1. The highest BCUT2D eigenvalue weighted by atomic mass is 16.6. The second kappa shape index (κ2) is 9.92. The smallest absolute Gasteiger partial charge is 0.340 e. The number of nitrogens with one attached hydrogen (secondary N) is 1. The molecule has 0 aliphatic heterocycles. The predicted octanol–water partition coefficient (Wildman–Crippen LogP) is 6.41. The van der Waals surface area contributed by atoms with Crippen molar-refractivity contribution in [1.29, 1.82) is 0 Å². The number of hydrogen-bond acceptors (Lipinski definition) is 3. The summed E-state index contributed by atoms with van der Waals surface area (Å²) in [5.41, 5.74) is 1.99. The predicted molar refractivity (Wildman–Crippen MR) is 121 cm³/mol. The van der Waals surface area contributed by atoms with Crippen molar-refractivity contribution in [2.75, 3.05) is 5.32 Å². The maximum absolute atomic E-state index is 12.7. The van der Waals surface area contributed by atoms with E-state index in [4.69, 9.17) is 4.74 Å². The molecule has 1 fully saturated rings. The molecule has 4 heteroatoms. The van der Waals surface area contributed by atoms with Crippen molar-refractivity contribution in [1.82, 2.24) is 0 Å². The Morgan fingerprint density at radius 3 is 2.37 bits per heavy atom. The third kappa shape index (κ3) is 6.45. The van der Waals surface area contributed by atoms with E-state index in [1.54, 1.807) is 18.2 Å². The average Bonchev–Trinajstić information content (AvgIpc) is 2.72. The fourth-order valence-electron chi connectivity index (χ4n) is 3.99. The molecule has 1 amide bonds. The number of aryl methyl sites for hydroxylation is 1. The third-order valence-electron chi connectivity index (χ3n) is 5.55. The summed E-state index contributed by atoms with van der Waals surface area (Å²) in [6, 6.07) is 14.7. The fraction of sp³-hybridized carbons (Fsp3) is 0.462. The van der Waals surface area contributed by atoms with Gasteiger partial charge in [0.1, 0.15) is 5.60 Å². The van der Waals surface area contributed by atoms with Crippen molar-refractivity contribution in [2.45, 2.75) is 71.3 Å². The molecule has 0 aromatic heterocycles. The van der Waals surface area contributed by atoms with Crippen LogP contribution in [0.5, 0.6) is 0 Å². The first-order valence-electron chi connectivity index (χ1n) is 11.0. The lowest BCUT2D eigenvalue weighted by molar-refractivity contribution is 0.00707. The largest absolute Gasteiger partial charge is 0.456 e. The van der Waals surface area contributed by atoms with Gasteiger partial charge in [-0.15, -0.1) is 0 Å². The van der Waals surface area contributed by atoms with Crippen LogP contribution in [0.3, 0.4) is 0 Å². The van der Waals surface area contributed by atoms with Crippen LogP contribution in [0, 0.1) is 5.92 Å². The lowest BCUT2D eigenvalue weighted by Gasteiger charge is -2.22. The Labute approximate surface area is 180 Å². The molecule has 0 atom stereocenters. The lowest BCUT2D eigenvalue weighted by Crippen LogP contribution is -2.25. The Kier molecular flexibility index (Phi) is 7.30. The second-order valence-corrected chi connectivity index (χ2v) is 9.24. The average molecular weight is 408 g/mol. The van der Waals surface area contributed by atoms with Crippen LogP contribution < -0.4 is 5.32 Å². The van der Waals surface area contributed by atoms with Crippen LogP contribution in [0.1, 0.15) is 85.6 Å². The molecule has 3 rings (SSSR count). The van der Waals surface area contributed by atoms with E-state index in [-0.39, 0.29) is 5.91 Å². The molecule has 0 unspecified atom stereocenters. The van der Waals surface area contributed by atoms with Crippen molar-refractivity contribution < 1.29 is 14.3 Å². The van der Waals surface area contributed by atoms with Gasteiger partial charge >= 0.3 is 5.97 Å². The van der Waals surface area contributed by atoms with Gasteiger partial charge in [0.15, 0.2) is 0 Å². The molecule has 4 nitrogen and oxygen atoms in total. The fourth-order valence-corrected chi connectivity index (χ4v) is 3.99. The number of esters is 1. The summed E-state index contributed by atoms with van der Waals surface area (Å²) >= 11 is 0. The van der Waals surface area contributed by atoms with Gasteiger partial charge in [0.05, 0.1) is 11.3 Å². The Hall–Kier alpha value is -2.62. The standard InChI is InChI=1S/C26H33NO3/c1-26(2,3)30-25(29)22-17-16-20(15-14-19-10-6-4-7-11-19)18-23(22)27-24(28)21-12-8-5-9-13-21/h5,8-9,12-13,16-19H,4,6-7,10-11,14-15H2,1-3H3,(H,27,28). The van der Waals surface area contributed by atoms with Gasteiger partial charge in [0.25, 0.3) is 5.91 Å². The zero-order chi connectivity index (χ0) is 21.6. The molecule has 1 aliphatic rings. The van der Waals surface area contributed by atoms with E-state index in [1.165, 1.54) is 32.1 Å². The molecule has 0 radical (unpaired) electrons. The Morgan fingerprint density at radius 2 is 1.70 bits per heavy atom. The van der Waals surface area contributed by atoms with Gasteiger partial charge in [-0.05, 0) is 69.4 Å². The van der Waals surface area contributed by atoms with Crippen molar-refractivity contribution in [3.8, 4) is 0 Å². The van der Waals surface area contributed by atoms with Crippen LogP contribution in [0.2, 0.25) is 0 Å². The van der Waals surface area contributed by atoms with E-state index in [9.17, 15) is 9.59 Å². The maximum Gasteiger partial charge on any atom is 0.340 e. The van der Waals surface area contributed by atoms with E-state index < -0.39 is 11.6 Å². The zero-order valence-electron chi connectivity index (χ0n) is 18.4. The molecule has 30 heavy (non-hydrogen) atoms. The number of rotatable bonds is 6. The summed E-state index contributed by atoms with van der Waals surface area (Å²) in [6.07, 6.45) is 8.75. The number of amides is 1. The number of benzene rings is 2. The van der Waals surface area contributed by atoms with Crippen LogP contribution in [0.25, 0.3) is 0 Å². The van der Waals surface area contributed by atoms with Gasteiger partial charge < -0.3 is 10.1 Å². The van der Waals surface area contributed by atoms with Gasteiger partial charge in [-0.25, -0.2) is 4.79 Å².